The lowest BCUT2D eigenvalue weighted by Crippen LogP contribution is -2.44. The first-order valence-corrected chi connectivity index (χ1v) is 7.45. The Morgan fingerprint density at radius 3 is 2.32 bits per heavy atom. The molecule has 2 atom stereocenters. The predicted molar refractivity (Wildman–Crippen MR) is 84.9 cm³/mol. The zero-order valence-corrected chi connectivity index (χ0v) is 13.6. The smallest absolute Gasteiger partial charge is 0.229 e. The van der Waals surface area contributed by atoms with Crippen molar-refractivity contribution in [1.82, 2.24) is 5.32 Å². The van der Waals surface area contributed by atoms with Crippen LogP contribution in [-0.2, 0) is 4.79 Å². The van der Waals surface area contributed by atoms with E-state index >= 15 is 0 Å². The van der Waals surface area contributed by atoms with Crippen molar-refractivity contribution in [3.05, 3.63) is 12.1 Å². The molecule has 1 aliphatic heterocycles. The Labute approximate surface area is 131 Å². The van der Waals surface area contributed by atoms with E-state index in [1.54, 1.807) is 33.5 Å². The number of piperidine rings is 1. The fourth-order valence-electron chi connectivity index (χ4n) is 2.79. The molecule has 0 radical (unpaired) electrons. The summed E-state index contributed by atoms with van der Waals surface area (Å²) in [5.74, 6) is 1.52. The summed E-state index contributed by atoms with van der Waals surface area (Å²) in [5, 5.41) is 6.28. The minimum atomic E-state index is -0.0344. The summed E-state index contributed by atoms with van der Waals surface area (Å²) in [5.41, 5.74) is 0.636. The molecule has 2 unspecified atom stereocenters. The molecule has 1 saturated heterocycles. The van der Waals surface area contributed by atoms with Gasteiger partial charge in [0.25, 0.3) is 0 Å². The summed E-state index contributed by atoms with van der Waals surface area (Å²) in [6, 6.07) is 3.65. The van der Waals surface area contributed by atoms with Gasteiger partial charge in [0, 0.05) is 23.9 Å². The lowest BCUT2D eigenvalue weighted by molar-refractivity contribution is -0.121. The SMILES string of the molecule is COc1cc(NC(=O)C2CCCNC2C)cc(OC)c1OC. The molecule has 1 aromatic carbocycles. The maximum atomic E-state index is 12.5. The van der Waals surface area contributed by atoms with Crippen molar-refractivity contribution in [2.75, 3.05) is 33.2 Å². The number of methoxy groups -OCH3 is 3. The van der Waals surface area contributed by atoms with Gasteiger partial charge in [0.05, 0.1) is 27.2 Å². The quantitative estimate of drug-likeness (QED) is 0.871. The third kappa shape index (κ3) is 3.44. The molecule has 2 rings (SSSR count). The van der Waals surface area contributed by atoms with Crippen LogP contribution < -0.4 is 24.8 Å². The zero-order valence-electron chi connectivity index (χ0n) is 13.6. The largest absolute Gasteiger partial charge is 0.493 e. The Morgan fingerprint density at radius 1 is 1.18 bits per heavy atom. The third-order valence-electron chi connectivity index (χ3n) is 4.03. The Kier molecular flexibility index (Phi) is 5.49. The van der Waals surface area contributed by atoms with Gasteiger partial charge in [-0.05, 0) is 26.3 Å². The van der Waals surface area contributed by atoms with Crippen LogP contribution in [0.15, 0.2) is 12.1 Å². The van der Waals surface area contributed by atoms with Gasteiger partial charge in [0.2, 0.25) is 11.7 Å². The normalized spacial score (nSPS) is 21.1. The molecular formula is C16H24N2O4. The molecule has 6 heteroatoms. The molecule has 2 N–H and O–H groups in total. The Bertz CT molecular complexity index is 508. The highest BCUT2D eigenvalue weighted by atomic mass is 16.5. The van der Waals surface area contributed by atoms with Gasteiger partial charge in [-0.1, -0.05) is 0 Å². The number of ether oxygens (including phenoxy) is 3. The summed E-state index contributed by atoms with van der Waals surface area (Å²) in [6.07, 6.45) is 1.90. The summed E-state index contributed by atoms with van der Waals surface area (Å²) < 4.78 is 15.9. The molecule has 1 fully saturated rings. The topological polar surface area (TPSA) is 68.8 Å². The van der Waals surface area contributed by atoms with Crippen LogP contribution in [-0.4, -0.2) is 39.8 Å². The highest BCUT2D eigenvalue weighted by Gasteiger charge is 2.28. The molecule has 1 aromatic rings. The first kappa shape index (κ1) is 16.4. The molecule has 22 heavy (non-hydrogen) atoms. The van der Waals surface area contributed by atoms with Crippen LogP contribution in [0, 0.1) is 5.92 Å². The summed E-state index contributed by atoms with van der Waals surface area (Å²) in [4.78, 5) is 12.5. The second kappa shape index (κ2) is 7.35. The Hall–Kier alpha value is -1.95. The van der Waals surface area contributed by atoms with E-state index in [-0.39, 0.29) is 17.9 Å². The minimum Gasteiger partial charge on any atom is -0.493 e. The van der Waals surface area contributed by atoms with Gasteiger partial charge in [-0.15, -0.1) is 0 Å². The van der Waals surface area contributed by atoms with Gasteiger partial charge < -0.3 is 24.8 Å². The van der Waals surface area contributed by atoms with E-state index in [9.17, 15) is 4.79 Å². The van der Waals surface area contributed by atoms with E-state index in [4.69, 9.17) is 14.2 Å². The fourth-order valence-corrected chi connectivity index (χ4v) is 2.79. The first-order chi connectivity index (χ1) is 10.6. The molecule has 0 spiro atoms. The predicted octanol–water partition coefficient (Wildman–Crippen LogP) is 2.04. The van der Waals surface area contributed by atoms with E-state index in [1.807, 2.05) is 6.92 Å². The van der Waals surface area contributed by atoms with Crippen molar-refractivity contribution in [1.29, 1.82) is 0 Å². The molecule has 1 aliphatic rings. The number of carbonyl (C=O) groups excluding carboxylic acids is 1. The number of carbonyl (C=O) groups is 1. The third-order valence-corrected chi connectivity index (χ3v) is 4.03. The van der Waals surface area contributed by atoms with Crippen LogP contribution >= 0.6 is 0 Å². The summed E-state index contributed by atoms with van der Waals surface area (Å²) in [7, 11) is 4.65. The van der Waals surface area contributed by atoms with Crippen molar-refractivity contribution in [2.45, 2.75) is 25.8 Å². The fraction of sp³-hybridized carbons (Fsp3) is 0.562. The highest BCUT2D eigenvalue weighted by molar-refractivity contribution is 5.93. The van der Waals surface area contributed by atoms with Crippen molar-refractivity contribution in [2.24, 2.45) is 5.92 Å². The summed E-state index contributed by atoms with van der Waals surface area (Å²) >= 11 is 0. The molecule has 122 valence electrons. The van der Waals surface area contributed by atoms with Crippen molar-refractivity contribution >= 4 is 11.6 Å². The summed E-state index contributed by atoms with van der Waals surface area (Å²) in [6.45, 7) is 3.01. The van der Waals surface area contributed by atoms with Crippen LogP contribution in [0.5, 0.6) is 17.2 Å². The van der Waals surface area contributed by atoms with E-state index in [0.717, 1.165) is 19.4 Å². The van der Waals surface area contributed by atoms with Gasteiger partial charge in [-0.3, -0.25) is 4.79 Å². The monoisotopic (exact) mass is 308 g/mol. The van der Waals surface area contributed by atoms with Crippen LogP contribution in [0.25, 0.3) is 0 Å². The first-order valence-electron chi connectivity index (χ1n) is 7.45. The highest BCUT2D eigenvalue weighted by Crippen LogP contribution is 2.40. The number of amides is 1. The maximum Gasteiger partial charge on any atom is 0.229 e. The van der Waals surface area contributed by atoms with Crippen LogP contribution in [0.3, 0.4) is 0 Å². The van der Waals surface area contributed by atoms with Gasteiger partial charge in [-0.25, -0.2) is 0 Å². The number of hydrogen-bond donors (Lipinski definition) is 2. The van der Waals surface area contributed by atoms with Crippen LogP contribution in [0.1, 0.15) is 19.8 Å². The van der Waals surface area contributed by atoms with Crippen LogP contribution in [0.4, 0.5) is 5.69 Å². The molecule has 0 aliphatic carbocycles. The number of rotatable bonds is 5. The number of benzene rings is 1. The lowest BCUT2D eigenvalue weighted by atomic mass is 9.91. The Morgan fingerprint density at radius 2 is 1.82 bits per heavy atom. The average Bonchev–Trinajstić information content (AvgIpc) is 2.54. The van der Waals surface area contributed by atoms with E-state index in [2.05, 4.69) is 10.6 Å². The number of hydrogen-bond acceptors (Lipinski definition) is 5. The van der Waals surface area contributed by atoms with Crippen molar-refractivity contribution in [3.63, 3.8) is 0 Å². The van der Waals surface area contributed by atoms with E-state index in [0.29, 0.717) is 22.9 Å². The van der Waals surface area contributed by atoms with E-state index in [1.165, 1.54) is 0 Å². The zero-order chi connectivity index (χ0) is 16.1. The second-order valence-corrected chi connectivity index (χ2v) is 5.39. The van der Waals surface area contributed by atoms with Gasteiger partial charge in [0.15, 0.2) is 11.5 Å². The molecule has 1 heterocycles. The number of nitrogens with one attached hydrogen (secondary N) is 2. The molecule has 0 saturated carbocycles. The maximum absolute atomic E-state index is 12.5. The van der Waals surface area contributed by atoms with Gasteiger partial charge >= 0.3 is 0 Å². The molecule has 0 bridgehead atoms. The second-order valence-electron chi connectivity index (χ2n) is 5.39. The van der Waals surface area contributed by atoms with Gasteiger partial charge in [0.1, 0.15) is 0 Å². The molecule has 0 aromatic heterocycles. The van der Waals surface area contributed by atoms with Crippen molar-refractivity contribution < 1.29 is 19.0 Å². The average molecular weight is 308 g/mol. The van der Waals surface area contributed by atoms with E-state index < -0.39 is 0 Å². The number of anilines is 1. The van der Waals surface area contributed by atoms with Gasteiger partial charge in [-0.2, -0.15) is 0 Å². The molecule has 6 nitrogen and oxygen atoms in total. The molecule has 1 amide bonds. The lowest BCUT2D eigenvalue weighted by Gasteiger charge is -2.29. The van der Waals surface area contributed by atoms with Crippen molar-refractivity contribution in [3.8, 4) is 17.2 Å². The Balaban J connectivity index is 2.20. The standard InChI is InChI=1S/C16H24N2O4/c1-10-12(6-5-7-17-10)16(19)18-11-8-13(20-2)15(22-4)14(9-11)21-3/h8-10,12,17H,5-7H2,1-4H3,(H,18,19). The van der Waals surface area contributed by atoms with Crippen LogP contribution in [0.2, 0.25) is 0 Å². The minimum absolute atomic E-state index is 0.00831. The molecular weight excluding hydrogens is 284 g/mol.